The average Bonchev–Trinajstić information content (AvgIpc) is 2.41. The first-order chi connectivity index (χ1) is 8.29. The molecule has 0 spiro atoms. The summed E-state index contributed by atoms with van der Waals surface area (Å²) in [5, 5.41) is 0. The third-order valence-corrected chi connectivity index (χ3v) is 2.75. The first kappa shape index (κ1) is 14.0. The molecule has 0 saturated carbocycles. The number of rotatable bonds is 2. The lowest BCUT2D eigenvalue weighted by Crippen LogP contribution is -2.46. The van der Waals surface area contributed by atoms with Gasteiger partial charge in [-0.15, -0.1) is 0 Å². The Morgan fingerprint density at radius 1 is 1.35 bits per heavy atom. The van der Waals surface area contributed by atoms with Crippen molar-refractivity contribution in [3.63, 3.8) is 0 Å². The third-order valence-electron chi connectivity index (χ3n) is 2.75. The highest BCUT2D eigenvalue weighted by Gasteiger charge is 2.24. The lowest BCUT2D eigenvalue weighted by molar-refractivity contribution is -0.0174. The van der Waals surface area contributed by atoms with Crippen LogP contribution in [0.3, 0.4) is 0 Å². The molecule has 2 heterocycles. The van der Waals surface area contributed by atoms with Crippen LogP contribution in [0.4, 0.5) is 5.82 Å². The second-order valence-corrected chi connectivity index (χ2v) is 4.07. The minimum absolute atomic E-state index is 0.297. The molecule has 0 bridgehead atoms. The van der Waals surface area contributed by atoms with Crippen LogP contribution in [0.5, 0.6) is 0 Å². The van der Waals surface area contributed by atoms with Gasteiger partial charge in [-0.3, -0.25) is 0 Å². The van der Waals surface area contributed by atoms with Gasteiger partial charge >= 0.3 is 0 Å². The standard InChI is InChI=1S/C12H18N2O.C2H6/c1-3-11-9-14(8-10(2)15-11)12-6-4-5-7-13-12;1-2/h4-7,10-11H,3,8-9H2,1-2H3;1-2H3/t10-,11+;/m1./s1. The van der Waals surface area contributed by atoms with Crippen molar-refractivity contribution in [1.82, 2.24) is 4.98 Å². The van der Waals surface area contributed by atoms with Gasteiger partial charge in [-0.2, -0.15) is 0 Å². The van der Waals surface area contributed by atoms with Crippen LogP contribution in [0.2, 0.25) is 0 Å². The second kappa shape index (κ2) is 7.28. The molecule has 17 heavy (non-hydrogen) atoms. The number of ether oxygens (including phenoxy) is 1. The van der Waals surface area contributed by atoms with Crippen molar-refractivity contribution in [2.24, 2.45) is 0 Å². The third kappa shape index (κ3) is 4.00. The van der Waals surface area contributed by atoms with Gasteiger partial charge in [0, 0.05) is 19.3 Å². The second-order valence-electron chi connectivity index (χ2n) is 4.07. The number of pyridine rings is 1. The summed E-state index contributed by atoms with van der Waals surface area (Å²) in [7, 11) is 0. The lowest BCUT2D eigenvalue weighted by atomic mass is 10.2. The summed E-state index contributed by atoms with van der Waals surface area (Å²) < 4.78 is 5.82. The largest absolute Gasteiger partial charge is 0.372 e. The Labute approximate surface area is 105 Å². The Bertz CT molecular complexity index is 302. The molecule has 2 rings (SSSR count). The van der Waals surface area contributed by atoms with Gasteiger partial charge in [-0.05, 0) is 25.5 Å². The van der Waals surface area contributed by atoms with Crippen LogP contribution in [0.1, 0.15) is 34.1 Å². The van der Waals surface area contributed by atoms with Gasteiger partial charge in [0.05, 0.1) is 12.2 Å². The molecule has 1 fully saturated rings. The highest BCUT2D eigenvalue weighted by molar-refractivity contribution is 5.38. The molecule has 1 aliphatic rings. The quantitative estimate of drug-likeness (QED) is 0.789. The predicted molar refractivity (Wildman–Crippen MR) is 72.4 cm³/mol. The maximum absolute atomic E-state index is 5.82. The Morgan fingerprint density at radius 3 is 2.71 bits per heavy atom. The van der Waals surface area contributed by atoms with E-state index in [0.717, 1.165) is 25.3 Å². The van der Waals surface area contributed by atoms with Gasteiger partial charge in [-0.25, -0.2) is 4.98 Å². The molecule has 0 amide bonds. The van der Waals surface area contributed by atoms with Crippen LogP contribution < -0.4 is 4.90 Å². The molecule has 2 atom stereocenters. The first-order valence-corrected chi connectivity index (χ1v) is 6.61. The molecular formula is C14H24N2O. The Balaban J connectivity index is 0.000000686. The Hall–Kier alpha value is -1.09. The van der Waals surface area contributed by atoms with E-state index in [1.807, 2.05) is 32.2 Å². The van der Waals surface area contributed by atoms with Crippen LogP contribution >= 0.6 is 0 Å². The van der Waals surface area contributed by atoms with Crippen LogP contribution in [0.15, 0.2) is 24.4 Å². The van der Waals surface area contributed by atoms with E-state index in [0.29, 0.717) is 12.2 Å². The molecule has 1 aromatic rings. The molecule has 3 nitrogen and oxygen atoms in total. The van der Waals surface area contributed by atoms with E-state index in [4.69, 9.17) is 4.74 Å². The molecule has 0 N–H and O–H groups in total. The van der Waals surface area contributed by atoms with Crippen LogP contribution in [0, 0.1) is 0 Å². The summed E-state index contributed by atoms with van der Waals surface area (Å²) in [6.07, 6.45) is 3.55. The zero-order chi connectivity index (χ0) is 12.7. The van der Waals surface area contributed by atoms with Crippen molar-refractivity contribution in [3.8, 4) is 0 Å². The molecule has 0 aromatic carbocycles. The summed E-state index contributed by atoms with van der Waals surface area (Å²) in [5.41, 5.74) is 0. The van der Waals surface area contributed by atoms with Crippen molar-refractivity contribution in [1.29, 1.82) is 0 Å². The van der Waals surface area contributed by atoms with Crippen LogP contribution in [0.25, 0.3) is 0 Å². The van der Waals surface area contributed by atoms with E-state index < -0.39 is 0 Å². The van der Waals surface area contributed by atoms with E-state index >= 15 is 0 Å². The highest BCUT2D eigenvalue weighted by atomic mass is 16.5. The maximum atomic E-state index is 5.82. The zero-order valence-corrected chi connectivity index (χ0v) is 11.4. The summed E-state index contributed by atoms with van der Waals surface area (Å²) in [6, 6.07) is 6.04. The first-order valence-electron chi connectivity index (χ1n) is 6.61. The molecule has 0 aliphatic carbocycles. The van der Waals surface area contributed by atoms with Crippen molar-refractivity contribution in [2.75, 3.05) is 18.0 Å². The van der Waals surface area contributed by atoms with Crippen molar-refractivity contribution < 1.29 is 4.74 Å². The molecule has 0 unspecified atom stereocenters. The van der Waals surface area contributed by atoms with Crippen LogP contribution in [-0.4, -0.2) is 30.3 Å². The number of hydrogen-bond donors (Lipinski definition) is 0. The van der Waals surface area contributed by atoms with Gasteiger partial charge < -0.3 is 9.64 Å². The number of morpholine rings is 1. The number of hydrogen-bond acceptors (Lipinski definition) is 3. The van der Waals surface area contributed by atoms with Crippen molar-refractivity contribution in [2.45, 2.75) is 46.3 Å². The highest BCUT2D eigenvalue weighted by Crippen LogP contribution is 2.18. The van der Waals surface area contributed by atoms with Gasteiger partial charge in [0.1, 0.15) is 5.82 Å². The minimum atomic E-state index is 0.297. The smallest absolute Gasteiger partial charge is 0.128 e. The lowest BCUT2D eigenvalue weighted by Gasteiger charge is -2.37. The fourth-order valence-electron chi connectivity index (χ4n) is 2.00. The van der Waals surface area contributed by atoms with Gasteiger partial charge in [0.25, 0.3) is 0 Å². The minimum Gasteiger partial charge on any atom is -0.372 e. The van der Waals surface area contributed by atoms with Crippen molar-refractivity contribution >= 4 is 5.82 Å². The number of nitrogens with zero attached hydrogens (tertiary/aromatic N) is 2. The monoisotopic (exact) mass is 236 g/mol. The topological polar surface area (TPSA) is 25.4 Å². The summed E-state index contributed by atoms with van der Waals surface area (Å²) in [5.74, 6) is 1.06. The fraction of sp³-hybridized carbons (Fsp3) is 0.643. The Kier molecular flexibility index (Phi) is 5.98. The predicted octanol–water partition coefficient (Wildman–Crippen LogP) is 3.11. The average molecular weight is 236 g/mol. The van der Waals surface area contributed by atoms with Crippen molar-refractivity contribution in [3.05, 3.63) is 24.4 Å². The molecule has 1 saturated heterocycles. The summed E-state index contributed by atoms with van der Waals surface area (Å²) >= 11 is 0. The molecule has 1 aliphatic heterocycles. The SMILES string of the molecule is CC.CC[C@H]1CN(c2ccccn2)C[C@@H](C)O1. The number of aromatic nitrogens is 1. The zero-order valence-electron chi connectivity index (χ0n) is 11.4. The number of anilines is 1. The summed E-state index contributed by atoms with van der Waals surface area (Å²) in [4.78, 5) is 6.68. The van der Waals surface area contributed by atoms with E-state index in [2.05, 4.69) is 29.8 Å². The van der Waals surface area contributed by atoms with Gasteiger partial charge in [-0.1, -0.05) is 26.8 Å². The van der Waals surface area contributed by atoms with E-state index in [-0.39, 0.29) is 0 Å². The van der Waals surface area contributed by atoms with E-state index in [1.54, 1.807) is 0 Å². The molecule has 0 radical (unpaired) electrons. The fourth-order valence-corrected chi connectivity index (χ4v) is 2.00. The van der Waals surface area contributed by atoms with E-state index in [1.165, 1.54) is 0 Å². The summed E-state index contributed by atoms with van der Waals surface area (Å²) in [6.45, 7) is 10.2. The van der Waals surface area contributed by atoms with Gasteiger partial charge in [0.15, 0.2) is 0 Å². The van der Waals surface area contributed by atoms with E-state index in [9.17, 15) is 0 Å². The maximum Gasteiger partial charge on any atom is 0.128 e. The van der Waals surface area contributed by atoms with Crippen LogP contribution in [-0.2, 0) is 4.74 Å². The normalized spacial score (nSPS) is 23.9. The molecule has 1 aromatic heterocycles. The molecular weight excluding hydrogens is 212 g/mol. The molecule has 96 valence electrons. The Morgan fingerprint density at radius 2 is 2.12 bits per heavy atom. The van der Waals surface area contributed by atoms with Gasteiger partial charge in [0.2, 0.25) is 0 Å². The molecule has 3 heteroatoms.